The first-order valence-electron chi connectivity index (χ1n) is 10.7. The Labute approximate surface area is 179 Å². The molecule has 1 aromatic heterocycles. The second-order valence-corrected chi connectivity index (χ2v) is 7.60. The zero-order valence-corrected chi connectivity index (χ0v) is 17.7. The smallest absolute Gasteiger partial charge is 0.129 e. The van der Waals surface area contributed by atoms with Crippen molar-refractivity contribution in [1.82, 2.24) is 4.98 Å². The molecule has 0 radical (unpaired) electrons. The fourth-order valence-electron chi connectivity index (χ4n) is 3.50. The fourth-order valence-corrected chi connectivity index (χ4v) is 3.50. The molecule has 0 aliphatic carbocycles. The summed E-state index contributed by atoms with van der Waals surface area (Å²) < 4.78 is 18.8. The fraction of sp³-hybridized carbons (Fsp3) is 0.296. The van der Waals surface area contributed by atoms with Gasteiger partial charge in [0.2, 0.25) is 0 Å². The first-order chi connectivity index (χ1) is 14.7. The summed E-state index contributed by atoms with van der Waals surface area (Å²) in [5.74, 6) is 0.803. The molecular formula is C27H30FNO. The molecule has 30 heavy (non-hydrogen) atoms. The van der Waals surface area contributed by atoms with Gasteiger partial charge in [0.1, 0.15) is 12.4 Å². The van der Waals surface area contributed by atoms with Crippen molar-refractivity contribution >= 4 is 0 Å². The highest BCUT2D eigenvalue weighted by atomic mass is 19.1. The Morgan fingerprint density at radius 2 is 1.80 bits per heavy atom. The van der Waals surface area contributed by atoms with Gasteiger partial charge in [0, 0.05) is 11.8 Å². The van der Waals surface area contributed by atoms with Gasteiger partial charge >= 0.3 is 0 Å². The molecule has 1 atom stereocenters. The minimum atomic E-state index is -0.686. The number of halogens is 1. The van der Waals surface area contributed by atoms with Crippen LogP contribution in [0.5, 0.6) is 5.75 Å². The van der Waals surface area contributed by atoms with E-state index in [9.17, 15) is 4.39 Å². The second-order valence-electron chi connectivity index (χ2n) is 7.60. The summed E-state index contributed by atoms with van der Waals surface area (Å²) in [4.78, 5) is 4.46. The number of unbranched alkanes of at least 4 members (excludes halogenated alkanes) is 2. The van der Waals surface area contributed by atoms with Crippen LogP contribution in [0.4, 0.5) is 4.39 Å². The molecule has 3 heteroatoms. The van der Waals surface area contributed by atoms with Crippen molar-refractivity contribution in [3.63, 3.8) is 0 Å². The average molecular weight is 404 g/mol. The predicted octanol–water partition coefficient (Wildman–Crippen LogP) is 7.44. The van der Waals surface area contributed by atoms with E-state index in [4.69, 9.17) is 4.74 Å². The molecule has 2 aromatic carbocycles. The normalized spacial score (nSPS) is 11.8. The van der Waals surface area contributed by atoms with Gasteiger partial charge in [-0.3, -0.25) is 4.98 Å². The van der Waals surface area contributed by atoms with Gasteiger partial charge < -0.3 is 4.74 Å². The third kappa shape index (κ3) is 6.28. The number of hydrogen-bond acceptors (Lipinski definition) is 2. The highest BCUT2D eigenvalue weighted by Gasteiger charge is 2.10. The number of hydrogen-bond donors (Lipinski definition) is 0. The van der Waals surface area contributed by atoms with Crippen LogP contribution in [0, 0.1) is 0 Å². The van der Waals surface area contributed by atoms with Gasteiger partial charge in [-0.05, 0) is 67.1 Å². The van der Waals surface area contributed by atoms with E-state index in [-0.39, 0.29) is 0 Å². The van der Waals surface area contributed by atoms with Crippen molar-refractivity contribution in [3.05, 3.63) is 85.1 Å². The summed E-state index contributed by atoms with van der Waals surface area (Å²) in [6.45, 7) is 5.84. The Hall–Kier alpha value is -2.94. The highest BCUT2D eigenvalue weighted by molar-refractivity contribution is 5.74. The highest BCUT2D eigenvalue weighted by Crippen LogP contribution is 2.33. The van der Waals surface area contributed by atoms with E-state index in [1.54, 1.807) is 19.2 Å². The lowest BCUT2D eigenvalue weighted by Gasteiger charge is -2.13. The first kappa shape index (κ1) is 21.8. The molecule has 2 nitrogen and oxygen atoms in total. The molecule has 3 aromatic rings. The van der Waals surface area contributed by atoms with Crippen LogP contribution in [0.15, 0.2) is 79.5 Å². The van der Waals surface area contributed by atoms with Crippen molar-refractivity contribution in [2.24, 2.45) is 0 Å². The number of pyridine rings is 1. The SMILES string of the molecule is C=CCOc1cc(-c2ccc(CCCCCC(C)F)cc2)ccc1-c1ccccn1. The van der Waals surface area contributed by atoms with Crippen LogP contribution in [0.3, 0.4) is 0 Å². The second kappa shape index (κ2) is 11.3. The van der Waals surface area contributed by atoms with Crippen LogP contribution >= 0.6 is 0 Å². The summed E-state index contributed by atoms with van der Waals surface area (Å²) in [6.07, 6.45) is 7.70. The Balaban J connectivity index is 1.71. The maximum Gasteiger partial charge on any atom is 0.129 e. The van der Waals surface area contributed by atoms with E-state index < -0.39 is 6.17 Å². The summed E-state index contributed by atoms with van der Waals surface area (Å²) in [7, 11) is 0. The molecule has 0 aliphatic heterocycles. The quantitative estimate of drug-likeness (QED) is 0.245. The number of rotatable bonds is 11. The van der Waals surface area contributed by atoms with Crippen LogP contribution in [0.25, 0.3) is 22.4 Å². The lowest BCUT2D eigenvalue weighted by Crippen LogP contribution is -1.96. The van der Waals surface area contributed by atoms with Gasteiger partial charge in [0.05, 0.1) is 11.9 Å². The molecule has 0 fully saturated rings. The van der Waals surface area contributed by atoms with Gasteiger partial charge in [-0.2, -0.15) is 0 Å². The topological polar surface area (TPSA) is 22.1 Å². The molecule has 0 aliphatic rings. The number of aryl methyl sites for hydroxylation is 1. The number of ether oxygens (including phenoxy) is 1. The van der Waals surface area contributed by atoms with Crippen LogP contribution in [0.2, 0.25) is 0 Å². The van der Waals surface area contributed by atoms with E-state index in [0.29, 0.717) is 13.0 Å². The monoisotopic (exact) mass is 403 g/mol. The van der Waals surface area contributed by atoms with Gasteiger partial charge in [0.15, 0.2) is 0 Å². The van der Waals surface area contributed by atoms with E-state index >= 15 is 0 Å². The Morgan fingerprint density at radius 3 is 2.50 bits per heavy atom. The first-order valence-corrected chi connectivity index (χ1v) is 10.7. The summed E-state index contributed by atoms with van der Waals surface area (Å²) in [5, 5.41) is 0. The molecule has 1 unspecified atom stereocenters. The standard InChI is InChI=1S/C27H30FNO/c1-3-19-30-27-20-24(16-17-25(27)26-11-7-8-18-29-26)23-14-12-22(13-15-23)10-6-4-5-9-21(2)28/h3,7-8,11-18,20-21H,1,4-6,9-10,19H2,2H3. The molecule has 0 bridgehead atoms. The third-order valence-electron chi connectivity index (χ3n) is 5.13. The molecular weight excluding hydrogens is 373 g/mol. The van der Waals surface area contributed by atoms with E-state index in [0.717, 1.165) is 53.8 Å². The Morgan fingerprint density at radius 1 is 1.00 bits per heavy atom. The lowest BCUT2D eigenvalue weighted by atomic mass is 9.99. The predicted molar refractivity (Wildman–Crippen MR) is 124 cm³/mol. The van der Waals surface area contributed by atoms with Gasteiger partial charge in [-0.25, -0.2) is 4.39 Å². The van der Waals surface area contributed by atoms with Crippen molar-refractivity contribution in [2.75, 3.05) is 6.61 Å². The van der Waals surface area contributed by atoms with Crippen molar-refractivity contribution in [3.8, 4) is 28.1 Å². The molecule has 0 saturated carbocycles. The maximum absolute atomic E-state index is 12.9. The molecule has 1 heterocycles. The molecule has 0 amide bonds. The summed E-state index contributed by atoms with van der Waals surface area (Å²) in [6, 6.07) is 20.8. The molecule has 156 valence electrons. The Kier molecular flexibility index (Phi) is 8.20. The average Bonchev–Trinajstić information content (AvgIpc) is 2.78. The minimum Gasteiger partial charge on any atom is -0.489 e. The van der Waals surface area contributed by atoms with E-state index in [2.05, 4.69) is 54.0 Å². The largest absolute Gasteiger partial charge is 0.489 e. The zero-order chi connectivity index (χ0) is 21.2. The summed E-state index contributed by atoms with van der Waals surface area (Å²) in [5.41, 5.74) is 5.44. The molecule has 0 N–H and O–H groups in total. The van der Waals surface area contributed by atoms with Crippen LogP contribution < -0.4 is 4.74 Å². The summed E-state index contributed by atoms with van der Waals surface area (Å²) >= 11 is 0. The maximum atomic E-state index is 12.9. The van der Waals surface area contributed by atoms with Crippen LogP contribution in [-0.2, 0) is 6.42 Å². The number of nitrogens with zero attached hydrogens (tertiary/aromatic N) is 1. The van der Waals surface area contributed by atoms with Crippen molar-refractivity contribution in [2.45, 2.75) is 45.2 Å². The van der Waals surface area contributed by atoms with Crippen LogP contribution in [0.1, 0.15) is 38.2 Å². The number of benzene rings is 2. The van der Waals surface area contributed by atoms with Crippen molar-refractivity contribution < 1.29 is 9.13 Å². The van der Waals surface area contributed by atoms with Crippen molar-refractivity contribution in [1.29, 1.82) is 0 Å². The molecule has 3 rings (SSSR count). The lowest BCUT2D eigenvalue weighted by molar-refractivity contribution is 0.330. The minimum absolute atomic E-state index is 0.448. The van der Waals surface area contributed by atoms with Crippen LogP contribution in [-0.4, -0.2) is 17.8 Å². The molecule has 0 spiro atoms. The van der Waals surface area contributed by atoms with E-state index in [1.165, 1.54) is 5.56 Å². The van der Waals surface area contributed by atoms with E-state index in [1.807, 2.05) is 18.2 Å². The Bertz CT molecular complexity index is 919. The molecule has 0 saturated heterocycles. The number of alkyl halides is 1. The van der Waals surface area contributed by atoms with Gasteiger partial charge in [-0.1, -0.05) is 61.9 Å². The number of aromatic nitrogens is 1. The zero-order valence-electron chi connectivity index (χ0n) is 17.7. The van der Waals surface area contributed by atoms with Gasteiger partial charge in [0.25, 0.3) is 0 Å². The van der Waals surface area contributed by atoms with Gasteiger partial charge in [-0.15, -0.1) is 0 Å². The third-order valence-corrected chi connectivity index (χ3v) is 5.13.